The molecule has 0 fully saturated rings. The average Bonchev–Trinajstić information content (AvgIpc) is 2.62. The van der Waals surface area contributed by atoms with Crippen molar-refractivity contribution in [2.45, 2.75) is 6.92 Å². The number of nitrogen functional groups attached to an aromatic ring is 3. The Morgan fingerprint density at radius 3 is 2.43 bits per heavy atom. The number of aryl methyl sites for hydroxylation is 1. The van der Waals surface area contributed by atoms with Crippen molar-refractivity contribution in [3.05, 3.63) is 5.69 Å². The van der Waals surface area contributed by atoms with Crippen LogP contribution >= 0.6 is 11.5 Å². The number of nitrogens with zero attached hydrogens (tertiary/aromatic N) is 4. The third kappa shape index (κ3) is 1.08. The second-order valence-corrected chi connectivity index (χ2v) is 3.56. The Morgan fingerprint density at radius 1 is 1.29 bits per heavy atom. The first-order chi connectivity index (χ1) is 6.61. The van der Waals surface area contributed by atoms with Gasteiger partial charge in [-0.25, -0.2) is 4.68 Å². The maximum absolute atomic E-state index is 5.73. The van der Waals surface area contributed by atoms with E-state index < -0.39 is 0 Å². The lowest BCUT2D eigenvalue weighted by molar-refractivity contribution is 1.02. The molecule has 2 heterocycles. The molecule has 0 aromatic carbocycles. The average molecular weight is 211 g/mol. The minimum Gasteiger partial charge on any atom is -0.389 e. The van der Waals surface area contributed by atoms with Gasteiger partial charge in [0.2, 0.25) is 5.95 Å². The molecular formula is C6H9N7S. The van der Waals surface area contributed by atoms with Crippen molar-refractivity contribution in [3.63, 3.8) is 0 Å². The Hall–Kier alpha value is -1.83. The summed E-state index contributed by atoms with van der Waals surface area (Å²) in [6, 6.07) is 0. The molecule has 0 unspecified atom stereocenters. The molecule has 0 radical (unpaired) electrons. The summed E-state index contributed by atoms with van der Waals surface area (Å²) in [6.07, 6.45) is 0. The fourth-order valence-electron chi connectivity index (χ4n) is 1.13. The number of anilines is 2. The first kappa shape index (κ1) is 8.75. The maximum Gasteiger partial charge on any atom is 0.241 e. The Balaban J connectivity index is 2.65. The highest BCUT2D eigenvalue weighted by molar-refractivity contribution is 7.10. The monoisotopic (exact) mass is 211 g/mol. The molecule has 0 aliphatic rings. The molecule has 0 aliphatic heterocycles. The summed E-state index contributed by atoms with van der Waals surface area (Å²) in [5.74, 6) is 6.20. The molecule has 7 nitrogen and oxygen atoms in total. The molecule has 0 saturated carbocycles. The summed E-state index contributed by atoms with van der Waals surface area (Å²) in [6.45, 7) is 1.83. The van der Waals surface area contributed by atoms with Crippen LogP contribution in [-0.2, 0) is 0 Å². The van der Waals surface area contributed by atoms with E-state index in [0.717, 1.165) is 5.69 Å². The highest BCUT2D eigenvalue weighted by Gasteiger charge is 2.17. The lowest BCUT2D eigenvalue weighted by atomic mass is 10.2. The van der Waals surface area contributed by atoms with Crippen LogP contribution in [0.25, 0.3) is 11.4 Å². The van der Waals surface area contributed by atoms with Crippen LogP contribution in [0.1, 0.15) is 5.69 Å². The van der Waals surface area contributed by atoms with Crippen LogP contribution in [0, 0.1) is 6.92 Å². The predicted molar refractivity (Wildman–Crippen MR) is 54.8 cm³/mol. The minimum atomic E-state index is 0.144. The van der Waals surface area contributed by atoms with E-state index in [1.165, 1.54) is 16.2 Å². The highest BCUT2D eigenvalue weighted by Crippen LogP contribution is 2.30. The molecule has 8 heteroatoms. The van der Waals surface area contributed by atoms with Crippen molar-refractivity contribution in [2.24, 2.45) is 0 Å². The molecule has 0 spiro atoms. The largest absolute Gasteiger partial charge is 0.389 e. The second kappa shape index (κ2) is 2.84. The predicted octanol–water partition coefficient (Wildman–Crippen LogP) is -0.412. The summed E-state index contributed by atoms with van der Waals surface area (Å²) < 4.78 is 5.27. The third-order valence-electron chi connectivity index (χ3n) is 1.83. The fraction of sp³-hybridized carbons (Fsp3) is 0.167. The van der Waals surface area contributed by atoms with E-state index in [1.54, 1.807) is 0 Å². The van der Waals surface area contributed by atoms with Gasteiger partial charge in [0.25, 0.3) is 0 Å². The van der Waals surface area contributed by atoms with Gasteiger partial charge in [0.1, 0.15) is 5.00 Å². The topological polar surface area (TPSA) is 122 Å². The molecular weight excluding hydrogens is 202 g/mol. The molecule has 0 aliphatic carbocycles. The minimum absolute atomic E-state index is 0.144. The lowest BCUT2D eigenvalue weighted by Crippen LogP contribution is -2.13. The van der Waals surface area contributed by atoms with Gasteiger partial charge in [-0.3, -0.25) is 0 Å². The van der Waals surface area contributed by atoms with Gasteiger partial charge in [0.05, 0.1) is 11.3 Å². The molecule has 0 atom stereocenters. The fourth-order valence-corrected chi connectivity index (χ4v) is 1.79. The Morgan fingerprint density at radius 2 is 2.00 bits per heavy atom. The molecule has 0 amide bonds. The van der Waals surface area contributed by atoms with E-state index in [1.807, 2.05) is 6.92 Å². The van der Waals surface area contributed by atoms with Crippen LogP contribution in [0.4, 0.5) is 10.9 Å². The van der Waals surface area contributed by atoms with Crippen molar-refractivity contribution in [2.75, 3.05) is 17.3 Å². The summed E-state index contributed by atoms with van der Waals surface area (Å²) in [7, 11) is 0. The molecule has 0 bridgehead atoms. The number of nitrogens with two attached hydrogens (primary N) is 3. The summed E-state index contributed by atoms with van der Waals surface area (Å²) in [5.41, 5.74) is 12.6. The maximum atomic E-state index is 5.73. The van der Waals surface area contributed by atoms with Crippen LogP contribution in [0.15, 0.2) is 0 Å². The van der Waals surface area contributed by atoms with Gasteiger partial charge >= 0.3 is 0 Å². The molecule has 0 saturated heterocycles. The Kier molecular flexibility index (Phi) is 1.78. The van der Waals surface area contributed by atoms with Crippen LogP contribution < -0.4 is 17.3 Å². The van der Waals surface area contributed by atoms with Gasteiger partial charge < -0.3 is 17.3 Å². The van der Waals surface area contributed by atoms with Crippen LogP contribution in [0.2, 0.25) is 0 Å². The summed E-state index contributed by atoms with van der Waals surface area (Å²) in [4.78, 5) is 0. The molecule has 74 valence electrons. The molecule has 14 heavy (non-hydrogen) atoms. The zero-order valence-electron chi connectivity index (χ0n) is 7.43. The van der Waals surface area contributed by atoms with Gasteiger partial charge in [0, 0.05) is 0 Å². The number of hydrogen-bond acceptors (Lipinski definition) is 7. The van der Waals surface area contributed by atoms with Gasteiger partial charge in [-0.05, 0) is 18.5 Å². The van der Waals surface area contributed by atoms with Crippen molar-refractivity contribution in [1.82, 2.24) is 19.2 Å². The van der Waals surface area contributed by atoms with E-state index in [4.69, 9.17) is 17.3 Å². The smallest absolute Gasteiger partial charge is 0.241 e. The third-order valence-corrected chi connectivity index (χ3v) is 2.60. The zero-order chi connectivity index (χ0) is 10.3. The van der Waals surface area contributed by atoms with E-state index in [-0.39, 0.29) is 5.95 Å². The van der Waals surface area contributed by atoms with Crippen LogP contribution in [0.3, 0.4) is 0 Å². The van der Waals surface area contributed by atoms with E-state index in [9.17, 15) is 0 Å². The van der Waals surface area contributed by atoms with E-state index in [0.29, 0.717) is 16.4 Å². The Labute approximate surface area is 83.7 Å². The number of rotatable bonds is 1. The van der Waals surface area contributed by atoms with Crippen LogP contribution in [0.5, 0.6) is 0 Å². The quantitative estimate of drug-likeness (QED) is 0.551. The molecule has 2 aromatic heterocycles. The van der Waals surface area contributed by atoms with Crippen LogP contribution in [-0.4, -0.2) is 19.2 Å². The van der Waals surface area contributed by atoms with E-state index in [2.05, 4.69) is 14.6 Å². The SMILES string of the molecule is Cc1nsc(N)c1-c1nnc(N)n1N. The number of hydrogen-bond donors (Lipinski definition) is 3. The summed E-state index contributed by atoms with van der Waals surface area (Å²) >= 11 is 1.19. The summed E-state index contributed by atoms with van der Waals surface area (Å²) in [5, 5.41) is 8.03. The molecule has 2 rings (SSSR count). The van der Waals surface area contributed by atoms with Gasteiger partial charge in [-0.2, -0.15) is 4.37 Å². The first-order valence-electron chi connectivity index (χ1n) is 3.79. The molecule has 2 aromatic rings. The van der Waals surface area contributed by atoms with E-state index >= 15 is 0 Å². The van der Waals surface area contributed by atoms with Crippen molar-refractivity contribution in [3.8, 4) is 11.4 Å². The zero-order valence-corrected chi connectivity index (χ0v) is 8.25. The lowest BCUT2D eigenvalue weighted by Gasteiger charge is -2.00. The molecule has 6 N–H and O–H groups in total. The van der Waals surface area contributed by atoms with Gasteiger partial charge in [0.15, 0.2) is 5.82 Å². The van der Waals surface area contributed by atoms with Crippen molar-refractivity contribution < 1.29 is 0 Å². The van der Waals surface area contributed by atoms with Crippen molar-refractivity contribution in [1.29, 1.82) is 0 Å². The second-order valence-electron chi connectivity index (χ2n) is 2.76. The standard InChI is InChI=1S/C6H9N7S/c1-2-3(4(7)14-12-2)5-10-11-6(8)13(5)9/h7,9H2,1H3,(H2,8,11). The highest BCUT2D eigenvalue weighted by atomic mass is 32.1. The Bertz CT molecular complexity index is 451. The normalized spacial score (nSPS) is 10.6. The van der Waals surface area contributed by atoms with Gasteiger partial charge in [-0.15, -0.1) is 10.2 Å². The van der Waals surface area contributed by atoms with Crippen molar-refractivity contribution >= 4 is 22.5 Å². The van der Waals surface area contributed by atoms with Gasteiger partial charge in [-0.1, -0.05) is 0 Å². The first-order valence-corrected chi connectivity index (χ1v) is 4.56. The number of aromatic nitrogens is 4.